The van der Waals surface area contributed by atoms with Crippen LogP contribution in [0.5, 0.6) is 0 Å². The summed E-state index contributed by atoms with van der Waals surface area (Å²) in [5, 5.41) is 20.7. The molecule has 0 saturated heterocycles. The Kier molecular flexibility index (Phi) is 5.98. The lowest BCUT2D eigenvalue weighted by molar-refractivity contribution is 0.208. The summed E-state index contributed by atoms with van der Waals surface area (Å²) in [6.45, 7) is 0. The third-order valence-electron chi connectivity index (χ3n) is 1.80. The van der Waals surface area contributed by atoms with E-state index in [0.29, 0.717) is 11.6 Å². The molecule has 4 N–H and O–H groups in total. The zero-order valence-electron chi connectivity index (χ0n) is 10.2. The molecule has 2 amide bonds. The maximum Gasteiger partial charge on any atom is 0.410 e. The number of rotatable bonds is 2. The van der Waals surface area contributed by atoms with Gasteiger partial charge in [-0.3, -0.25) is 10.6 Å². The molecule has 0 radical (unpaired) electrons. The van der Waals surface area contributed by atoms with Gasteiger partial charge in [-0.05, 0) is 24.3 Å². The van der Waals surface area contributed by atoms with Gasteiger partial charge in [-0.2, -0.15) is 0 Å². The van der Waals surface area contributed by atoms with Crippen LogP contribution in [-0.2, 0) is 0 Å². The van der Waals surface area contributed by atoms with Crippen LogP contribution in [0.1, 0.15) is 0 Å². The van der Waals surface area contributed by atoms with Crippen LogP contribution in [0.3, 0.4) is 0 Å². The van der Waals surface area contributed by atoms with Crippen molar-refractivity contribution >= 4 is 23.8 Å². The van der Waals surface area contributed by atoms with Gasteiger partial charge in [0.05, 0.1) is 0 Å². The van der Waals surface area contributed by atoms with Crippen molar-refractivity contribution in [2.24, 2.45) is 0 Å². The van der Waals surface area contributed by atoms with Gasteiger partial charge in [0.1, 0.15) is 11.6 Å². The predicted octanol–water partition coefficient (Wildman–Crippen LogP) is 2.34. The molecule has 0 bridgehead atoms. The first kappa shape index (κ1) is 14.9. The summed E-state index contributed by atoms with van der Waals surface area (Å²) in [4.78, 5) is 27.5. The smallest absolute Gasteiger partial charge is 0.410 e. The molecule has 2 rings (SSSR count). The van der Waals surface area contributed by atoms with E-state index >= 15 is 0 Å². The van der Waals surface area contributed by atoms with E-state index in [1.165, 1.54) is 12.4 Å². The van der Waals surface area contributed by atoms with Crippen LogP contribution in [0.2, 0.25) is 0 Å². The third-order valence-corrected chi connectivity index (χ3v) is 1.80. The molecule has 2 heterocycles. The monoisotopic (exact) mass is 276 g/mol. The Morgan fingerprint density at radius 2 is 1.20 bits per heavy atom. The lowest BCUT2D eigenvalue weighted by Crippen LogP contribution is -2.07. The Labute approximate surface area is 114 Å². The van der Waals surface area contributed by atoms with Gasteiger partial charge in [0.2, 0.25) is 0 Å². The highest BCUT2D eigenvalue weighted by atomic mass is 16.4. The van der Waals surface area contributed by atoms with Gasteiger partial charge in [0.15, 0.2) is 0 Å². The van der Waals surface area contributed by atoms with Crippen LogP contribution in [-0.4, -0.2) is 32.4 Å². The molecule has 0 atom stereocenters. The number of carbonyl (C=O) groups is 2. The van der Waals surface area contributed by atoms with Crippen molar-refractivity contribution < 1.29 is 19.8 Å². The number of amides is 2. The zero-order valence-corrected chi connectivity index (χ0v) is 10.2. The van der Waals surface area contributed by atoms with E-state index < -0.39 is 12.2 Å². The second kappa shape index (κ2) is 8.03. The Hall–Kier alpha value is -3.16. The van der Waals surface area contributed by atoms with Gasteiger partial charge in [0.25, 0.3) is 0 Å². The highest BCUT2D eigenvalue weighted by Crippen LogP contribution is 1.98. The summed E-state index contributed by atoms with van der Waals surface area (Å²) in [5.74, 6) is 0.685. The van der Waals surface area contributed by atoms with Crippen LogP contribution in [0, 0.1) is 0 Å². The summed E-state index contributed by atoms with van der Waals surface area (Å²) in [6.07, 6.45) is 0.841. The Morgan fingerprint density at radius 3 is 1.45 bits per heavy atom. The van der Waals surface area contributed by atoms with Crippen molar-refractivity contribution in [1.82, 2.24) is 9.97 Å². The van der Waals surface area contributed by atoms with Crippen molar-refractivity contribution in [2.45, 2.75) is 0 Å². The summed E-state index contributed by atoms with van der Waals surface area (Å²) < 4.78 is 0. The minimum atomic E-state index is -1.10. The highest BCUT2D eigenvalue weighted by Gasteiger charge is 1.95. The minimum absolute atomic E-state index is 0.343. The standard InChI is InChI=1S/2C6H6N2O2/c2*9-6(10)8-5-3-1-2-4-7-5/h2*1-4H,(H,7,8)(H,9,10). The van der Waals surface area contributed by atoms with E-state index in [9.17, 15) is 9.59 Å². The number of nitrogens with one attached hydrogen (secondary N) is 2. The number of aromatic nitrogens is 2. The van der Waals surface area contributed by atoms with Crippen molar-refractivity contribution in [3.8, 4) is 0 Å². The molecule has 2 aromatic heterocycles. The maximum atomic E-state index is 10.0. The summed E-state index contributed by atoms with van der Waals surface area (Å²) in [7, 11) is 0. The van der Waals surface area contributed by atoms with E-state index in [0.717, 1.165) is 0 Å². The average molecular weight is 276 g/mol. The fraction of sp³-hybridized carbons (Fsp3) is 0. The highest BCUT2D eigenvalue weighted by molar-refractivity contribution is 5.81. The predicted molar refractivity (Wildman–Crippen MR) is 71.8 cm³/mol. The summed E-state index contributed by atoms with van der Waals surface area (Å²) in [5.41, 5.74) is 0. The second-order valence-electron chi connectivity index (χ2n) is 3.29. The van der Waals surface area contributed by atoms with Crippen LogP contribution < -0.4 is 10.6 Å². The number of anilines is 2. The molecule has 8 nitrogen and oxygen atoms in total. The number of nitrogens with zero attached hydrogens (tertiary/aromatic N) is 2. The molecule has 0 unspecified atom stereocenters. The van der Waals surface area contributed by atoms with Crippen LogP contribution in [0.15, 0.2) is 48.8 Å². The van der Waals surface area contributed by atoms with E-state index in [2.05, 4.69) is 20.6 Å². The van der Waals surface area contributed by atoms with Crippen LogP contribution >= 0.6 is 0 Å². The first-order valence-corrected chi connectivity index (χ1v) is 5.40. The van der Waals surface area contributed by atoms with Gasteiger partial charge < -0.3 is 10.2 Å². The van der Waals surface area contributed by atoms with Crippen LogP contribution in [0.25, 0.3) is 0 Å². The number of carboxylic acid groups (broad SMARTS) is 2. The molecule has 0 aliphatic rings. The van der Waals surface area contributed by atoms with Crippen molar-refractivity contribution in [3.05, 3.63) is 48.8 Å². The maximum absolute atomic E-state index is 10.0. The van der Waals surface area contributed by atoms with Crippen molar-refractivity contribution in [3.63, 3.8) is 0 Å². The van der Waals surface area contributed by atoms with Gasteiger partial charge in [0, 0.05) is 12.4 Å². The van der Waals surface area contributed by atoms with Gasteiger partial charge >= 0.3 is 12.2 Å². The van der Waals surface area contributed by atoms with E-state index in [4.69, 9.17) is 10.2 Å². The fourth-order valence-corrected chi connectivity index (χ4v) is 1.09. The number of pyridine rings is 2. The molecule has 0 aliphatic carbocycles. The average Bonchev–Trinajstić information content (AvgIpc) is 2.40. The minimum Gasteiger partial charge on any atom is -0.465 e. The molecular formula is C12H12N4O4. The molecule has 0 saturated carbocycles. The normalized spacial score (nSPS) is 8.80. The Balaban J connectivity index is 0.000000200. The lowest BCUT2D eigenvalue weighted by atomic mass is 10.5. The number of hydrogen-bond acceptors (Lipinski definition) is 4. The first-order valence-electron chi connectivity index (χ1n) is 5.40. The van der Waals surface area contributed by atoms with Crippen molar-refractivity contribution in [1.29, 1.82) is 0 Å². The summed E-state index contributed by atoms with van der Waals surface area (Å²) >= 11 is 0. The Morgan fingerprint density at radius 1 is 0.800 bits per heavy atom. The molecule has 20 heavy (non-hydrogen) atoms. The van der Waals surface area contributed by atoms with E-state index in [-0.39, 0.29) is 0 Å². The molecule has 0 aromatic carbocycles. The molecule has 104 valence electrons. The summed E-state index contributed by atoms with van der Waals surface area (Å²) in [6, 6.07) is 10.00. The SMILES string of the molecule is O=C(O)Nc1ccccn1.O=C(O)Nc1ccccn1. The van der Waals surface area contributed by atoms with Crippen LogP contribution in [0.4, 0.5) is 21.2 Å². The molecular weight excluding hydrogens is 264 g/mol. The molecule has 2 aromatic rings. The quantitative estimate of drug-likeness (QED) is 0.667. The van der Waals surface area contributed by atoms with E-state index in [1.54, 1.807) is 36.4 Å². The Bertz CT molecular complexity index is 496. The van der Waals surface area contributed by atoms with Gasteiger partial charge in [-0.1, -0.05) is 12.1 Å². The lowest BCUT2D eigenvalue weighted by Gasteiger charge is -1.95. The van der Waals surface area contributed by atoms with Crippen molar-refractivity contribution in [2.75, 3.05) is 10.6 Å². The fourth-order valence-electron chi connectivity index (χ4n) is 1.09. The molecule has 0 spiro atoms. The van der Waals surface area contributed by atoms with Gasteiger partial charge in [-0.15, -0.1) is 0 Å². The molecule has 8 heteroatoms. The molecule has 0 aliphatic heterocycles. The zero-order chi connectivity index (χ0) is 14.8. The number of hydrogen-bond donors (Lipinski definition) is 4. The first-order chi connectivity index (χ1) is 9.58. The largest absolute Gasteiger partial charge is 0.465 e. The second-order valence-corrected chi connectivity index (χ2v) is 3.29. The topological polar surface area (TPSA) is 124 Å². The molecule has 0 fully saturated rings. The van der Waals surface area contributed by atoms with E-state index in [1.807, 2.05) is 0 Å². The van der Waals surface area contributed by atoms with Gasteiger partial charge in [-0.25, -0.2) is 19.6 Å². The third kappa shape index (κ3) is 6.55.